The Morgan fingerprint density at radius 3 is 2.91 bits per heavy atom. The van der Waals surface area contributed by atoms with Gasteiger partial charge in [0.25, 0.3) is 5.91 Å². The van der Waals surface area contributed by atoms with Gasteiger partial charge in [-0.1, -0.05) is 45.5 Å². The molecule has 0 atom stereocenters. The van der Waals surface area contributed by atoms with Crippen molar-refractivity contribution < 1.29 is 14.3 Å². The molecule has 6 nitrogen and oxygen atoms in total. The van der Waals surface area contributed by atoms with Crippen LogP contribution in [0.4, 0.5) is 5.69 Å². The number of halogens is 1. The highest BCUT2D eigenvalue weighted by Gasteiger charge is 2.22. The first-order valence-corrected chi connectivity index (χ1v) is 13.7. The standard InChI is InChI=1S/C24H26BrN3O3S2/c1-2-31-13-12-28-20-10-9-18(25)14-21(20)33-24(28)26-22(29)15-32-16-23(30)27-11-5-7-17-6-3-4-8-19(17)27/h3-4,6,8-10,14H,2,5,7,11-13,15-16H2,1H3. The minimum Gasteiger partial charge on any atom is -0.380 e. The molecule has 0 aliphatic carbocycles. The fourth-order valence-corrected chi connectivity index (χ4v) is 6.18. The minimum atomic E-state index is -0.234. The third kappa shape index (κ3) is 5.95. The number of rotatable bonds is 8. The Kier molecular flexibility index (Phi) is 8.40. The van der Waals surface area contributed by atoms with E-state index in [0.29, 0.717) is 24.6 Å². The number of carbonyl (C=O) groups is 2. The average Bonchev–Trinajstić information content (AvgIpc) is 3.14. The monoisotopic (exact) mass is 547 g/mol. The van der Waals surface area contributed by atoms with Crippen LogP contribution in [0.25, 0.3) is 10.2 Å². The van der Waals surface area contributed by atoms with E-state index in [0.717, 1.165) is 39.8 Å². The molecule has 2 amide bonds. The van der Waals surface area contributed by atoms with Gasteiger partial charge in [-0.2, -0.15) is 4.99 Å². The van der Waals surface area contributed by atoms with Crippen LogP contribution in [0.2, 0.25) is 0 Å². The number of fused-ring (bicyclic) bond motifs is 2. The molecule has 9 heteroatoms. The van der Waals surface area contributed by atoms with Crippen molar-refractivity contribution in [1.82, 2.24) is 4.57 Å². The molecular formula is C24H26BrN3O3S2. The second kappa shape index (κ2) is 11.5. The smallest absolute Gasteiger partial charge is 0.258 e. The Balaban J connectivity index is 1.42. The predicted octanol–water partition coefficient (Wildman–Crippen LogP) is 4.64. The molecule has 0 N–H and O–H groups in total. The van der Waals surface area contributed by atoms with E-state index in [1.165, 1.54) is 28.7 Å². The summed E-state index contributed by atoms with van der Waals surface area (Å²) < 4.78 is 9.58. The van der Waals surface area contributed by atoms with Crippen molar-refractivity contribution in [3.8, 4) is 0 Å². The van der Waals surface area contributed by atoms with Crippen LogP contribution in [-0.2, 0) is 27.3 Å². The summed E-state index contributed by atoms with van der Waals surface area (Å²) >= 11 is 6.31. The summed E-state index contributed by atoms with van der Waals surface area (Å²) in [5, 5.41) is 0. The van der Waals surface area contributed by atoms with E-state index in [-0.39, 0.29) is 23.3 Å². The van der Waals surface area contributed by atoms with Gasteiger partial charge in [0, 0.05) is 29.9 Å². The van der Waals surface area contributed by atoms with Crippen molar-refractivity contribution in [1.29, 1.82) is 0 Å². The van der Waals surface area contributed by atoms with Crippen LogP contribution in [0.1, 0.15) is 18.9 Å². The van der Waals surface area contributed by atoms with E-state index < -0.39 is 0 Å². The number of aryl methyl sites for hydroxylation is 1. The average molecular weight is 549 g/mol. The molecule has 0 bridgehead atoms. The molecule has 0 saturated carbocycles. The lowest BCUT2D eigenvalue weighted by atomic mass is 10.0. The Bertz CT molecular complexity index is 1220. The van der Waals surface area contributed by atoms with Crippen LogP contribution in [0.3, 0.4) is 0 Å². The minimum absolute atomic E-state index is 0.0402. The SMILES string of the molecule is CCOCCn1c(=NC(=O)CSCC(=O)N2CCCc3ccccc32)sc2cc(Br)ccc21. The number of thiazole rings is 1. The largest absolute Gasteiger partial charge is 0.380 e. The molecule has 0 saturated heterocycles. The van der Waals surface area contributed by atoms with Gasteiger partial charge in [-0.25, -0.2) is 0 Å². The lowest BCUT2D eigenvalue weighted by Crippen LogP contribution is -2.36. The highest BCUT2D eigenvalue weighted by atomic mass is 79.9. The van der Waals surface area contributed by atoms with E-state index in [2.05, 4.69) is 27.0 Å². The molecule has 33 heavy (non-hydrogen) atoms. The van der Waals surface area contributed by atoms with Gasteiger partial charge >= 0.3 is 0 Å². The molecule has 1 aliphatic rings. The highest BCUT2D eigenvalue weighted by molar-refractivity contribution is 9.10. The summed E-state index contributed by atoms with van der Waals surface area (Å²) in [6.07, 6.45) is 1.96. The quantitative estimate of drug-likeness (QED) is 0.385. The molecule has 3 aromatic rings. The lowest BCUT2D eigenvalue weighted by molar-refractivity contribution is -0.116. The predicted molar refractivity (Wildman–Crippen MR) is 139 cm³/mol. The lowest BCUT2D eigenvalue weighted by Gasteiger charge is -2.29. The third-order valence-corrected chi connectivity index (χ3v) is 7.83. The molecule has 0 radical (unpaired) electrons. The Hall–Kier alpha value is -1.94. The first kappa shape index (κ1) is 24.2. The van der Waals surface area contributed by atoms with Crippen molar-refractivity contribution in [3.63, 3.8) is 0 Å². The van der Waals surface area contributed by atoms with Crippen LogP contribution in [0, 0.1) is 0 Å². The van der Waals surface area contributed by atoms with Crippen LogP contribution in [0.5, 0.6) is 0 Å². The van der Waals surface area contributed by atoms with Crippen molar-refractivity contribution >= 4 is 66.7 Å². The van der Waals surface area contributed by atoms with E-state index in [1.807, 2.05) is 52.8 Å². The molecule has 4 rings (SSSR count). The number of amides is 2. The normalized spacial score (nSPS) is 14.0. The fraction of sp³-hybridized carbons (Fsp3) is 0.375. The van der Waals surface area contributed by atoms with Gasteiger partial charge in [0.1, 0.15) is 0 Å². The van der Waals surface area contributed by atoms with Crippen LogP contribution in [-0.4, -0.2) is 47.6 Å². The van der Waals surface area contributed by atoms with Gasteiger partial charge in [0.05, 0.1) is 28.3 Å². The third-order valence-electron chi connectivity index (χ3n) is 5.39. The van der Waals surface area contributed by atoms with Gasteiger partial charge in [-0.05, 0) is 49.6 Å². The maximum Gasteiger partial charge on any atom is 0.258 e. The number of anilines is 1. The van der Waals surface area contributed by atoms with Gasteiger partial charge in [-0.15, -0.1) is 11.8 Å². The van der Waals surface area contributed by atoms with E-state index >= 15 is 0 Å². The van der Waals surface area contributed by atoms with E-state index in [4.69, 9.17) is 4.74 Å². The zero-order chi connectivity index (χ0) is 23.2. The molecule has 1 aliphatic heterocycles. The number of thioether (sulfide) groups is 1. The molecule has 2 aromatic carbocycles. The molecule has 0 unspecified atom stereocenters. The zero-order valence-electron chi connectivity index (χ0n) is 18.5. The number of aromatic nitrogens is 1. The molecule has 1 aromatic heterocycles. The fourth-order valence-electron chi connectivity index (χ4n) is 3.88. The molecule has 0 spiro atoms. The molecule has 0 fully saturated rings. The van der Waals surface area contributed by atoms with Crippen LogP contribution in [0.15, 0.2) is 51.9 Å². The maximum atomic E-state index is 12.8. The number of hydrogen-bond acceptors (Lipinski definition) is 5. The van der Waals surface area contributed by atoms with Crippen LogP contribution < -0.4 is 9.70 Å². The maximum absolute atomic E-state index is 12.8. The Morgan fingerprint density at radius 1 is 1.21 bits per heavy atom. The topological polar surface area (TPSA) is 63.9 Å². The van der Waals surface area contributed by atoms with E-state index in [1.54, 1.807) is 0 Å². The molecule has 2 heterocycles. The summed E-state index contributed by atoms with van der Waals surface area (Å²) in [6.45, 7) is 4.52. The summed E-state index contributed by atoms with van der Waals surface area (Å²) in [7, 11) is 0. The summed E-state index contributed by atoms with van der Waals surface area (Å²) in [5.74, 6) is 0.241. The number of nitrogens with zero attached hydrogens (tertiary/aromatic N) is 3. The van der Waals surface area contributed by atoms with Crippen molar-refractivity contribution in [2.75, 3.05) is 36.2 Å². The Labute approximate surface area is 209 Å². The van der Waals surface area contributed by atoms with Crippen LogP contribution >= 0.6 is 39.0 Å². The molecule has 174 valence electrons. The Morgan fingerprint density at radius 2 is 2.06 bits per heavy atom. The van der Waals surface area contributed by atoms with Gasteiger partial charge in [0.2, 0.25) is 5.91 Å². The first-order chi connectivity index (χ1) is 16.1. The van der Waals surface area contributed by atoms with Gasteiger partial charge < -0.3 is 14.2 Å². The number of para-hydroxylation sites is 1. The van der Waals surface area contributed by atoms with E-state index in [9.17, 15) is 9.59 Å². The van der Waals surface area contributed by atoms with Gasteiger partial charge in [-0.3, -0.25) is 9.59 Å². The number of hydrogen-bond donors (Lipinski definition) is 0. The first-order valence-electron chi connectivity index (χ1n) is 11.0. The van der Waals surface area contributed by atoms with Gasteiger partial charge in [0.15, 0.2) is 4.80 Å². The van der Waals surface area contributed by atoms with Crippen molar-refractivity contribution in [2.45, 2.75) is 26.3 Å². The highest BCUT2D eigenvalue weighted by Crippen LogP contribution is 2.27. The van der Waals surface area contributed by atoms with Crippen molar-refractivity contribution in [2.24, 2.45) is 4.99 Å². The second-order valence-electron chi connectivity index (χ2n) is 7.62. The summed E-state index contributed by atoms with van der Waals surface area (Å²) in [6, 6.07) is 14.1. The number of benzene rings is 2. The zero-order valence-corrected chi connectivity index (χ0v) is 21.7. The van der Waals surface area contributed by atoms with Crippen molar-refractivity contribution in [3.05, 3.63) is 57.3 Å². The second-order valence-corrected chi connectivity index (χ2v) is 10.5. The number of carbonyl (C=O) groups excluding carboxylic acids is 2. The summed E-state index contributed by atoms with van der Waals surface area (Å²) in [5.41, 5.74) is 3.24. The number of ether oxygens (including phenoxy) is 1. The summed E-state index contributed by atoms with van der Waals surface area (Å²) in [4.78, 5) is 32.3. The molecular weight excluding hydrogens is 522 g/mol.